The number of rotatable bonds is 6. The summed E-state index contributed by atoms with van der Waals surface area (Å²) in [5.74, 6) is 0.364. The molecule has 5 rings (SSSR count). The summed E-state index contributed by atoms with van der Waals surface area (Å²) in [6.07, 6.45) is 4.94. The Kier molecular flexibility index (Phi) is 5.77. The second kappa shape index (κ2) is 9.03. The van der Waals surface area contributed by atoms with E-state index in [9.17, 15) is 4.79 Å². The SMILES string of the molecule is Cc1cc(Oc2ncccn2)ccc1NC(=O)c1cc(-c2cccs2)nc2c1cnn2C(C)C. The number of ether oxygens (including phenoxy) is 1. The molecule has 0 atom stereocenters. The molecule has 170 valence electrons. The first-order valence-electron chi connectivity index (χ1n) is 10.8. The van der Waals surface area contributed by atoms with Crippen molar-refractivity contribution in [2.75, 3.05) is 5.32 Å². The van der Waals surface area contributed by atoms with Crippen LogP contribution in [0.3, 0.4) is 0 Å². The predicted molar refractivity (Wildman–Crippen MR) is 132 cm³/mol. The van der Waals surface area contributed by atoms with Crippen molar-refractivity contribution in [3.8, 4) is 22.3 Å². The molecule has 0 aliphatic heterocycles. The number of amides is 1. The lowest BCUT2D eigenvalue weighted by Crippen LogP contribution is -2.14. The normalized spacial score (nSPS) is 11.2. The number of benzene rings is 1. The number of carbonyl (C=O) groups excluding carboxylic acids is 1. The first-order valence-corrected chi connectivity index (χ1v) is 11.7. The van der Waals surface area contributed by atoms with Gasteiger partial charge in [0.15, 0.2) is 5.65 Å². The van der Waals surface area contributed by atoms with Crippen LogP contribution in [-0.4, -0.2) is 30.6 Å². The number of thiophene rings is 1. The van der Waals surface area contributed by atoms with Gasteiger partial charge in [0.05, 0.1) is 27.7 Å². The molecule has 0 saturated carbocycles. The quantitative estimate of drug-likeness (QED) is 0.333. The van der Waals surface area contributed by atoms with Gasteiger partial charge < -0.3 is 10.1 Å². The van der Waals surface area contributed by atoms with Crippen LogP contribution in [0.5, 0.6) is 11.8 Å². The molecule has 0 aliphatic carbocycles. The van der Waals surface area contributed by atoms with E-state index in [0.29, 0.717) is 28.0 Å². The fraction of sp³-hybridized carbons (Fsp3) is 0.160. The molecule has 34 heavy (non-hydrogen) atoms. The Morgan fingerprint density at radius 3 is 2.65 bits per heavy atom. The molecule has 1 N–H and O–H groups in total. The highest BCUT2D eigenvalue weighted by atomic mass is 32.1. The lowest BCUT2D eigenvalue weighted by Gasteiger charge is -2.12. The number of carbonyl (C=O) groups is 1. The third-order valence-corrected chi connectivity index (χ3v) is 6.16. The molecule has 1 amide bonds. The Bertz CT molecular complexity index is 1460. The fourth-order valence-corrected chi connectivity index (χ4v) is 4.29. The predicted octanol–water partition coefficient (Wildman–Crippen LogP) is 5.88. The molecule has 5 aromatic rings. The zero-order valence-corrected chi connectivity index (χ0v) is 19.7. The number of aromatic nitrogens is 5. The van der Waals surface area contributed by atoms with Crippen molar-refractivity contribution in [2.24, 2.45) is 0 Å². The van der Waals surface area contributed by atoms with Crippen LogP contribution in [0.1, 0.15) is 35.8 Å². The average Bonchev–Trinajstić information content (AvgIpc) is 3.51. The lowest BCUT2D eigenvalue weighted by atomic mass is 10.1. The Morgan fingerprint density at radius 2 is 1.94 bits per heavy atom. The molecule has 1 aromatic carbocycles. The number of hydrogen-bond donors (Lipinski definition) is 1. The van der Waals surface area contributed by atoms with Crippen LogP contribution in [0, 0.1) is 6.92 Å². The topological polar surface area (TPSA) is 94.8 Å². The van der Waals surface area contributed by atoms with Crippen molar-refractivity contribution >= 4 is 34.0 Å². The number of pyridine rings is 1. The van der Waals surface area contributed by atoms with E-state index in [4.69, 9.17) is 9.72 Å². The van der Waals surface area contributed by atoms with Crippen LogP contribution in [0.4, 0.5) is 5.69 Å². The van der Waals surface area contributed by atoms with E-state index >= 15 is 0 Å². The van der Waals surface area contributed by atoms with E-state index in [2.05, 4.69) is 20.4 Å². The van der Waals surface area contributed by atoms with E-state index in [0.717, 1.165) is 16.1 Å². The molecule has 0 spiro atoms. The minimum absolute atomic E-state index is 0.114. The third kappa shape index (κ3) is 4.25. The fourth-order valence-electron chi connectivity index (χ4n) is 3.61. The summed E-state index contributed by atoms with van der Waals surface area (Å²) in [7, 11) is 0. The minimum Gasteiger partial charge on any atom is -0.424 e. The highest BCUT2D eigenvalue weighted by Gasteiger charge is 2.19. The molecule has 4 heterocycles. The molecule has 0 bridgehead atoms. The first kappa shape index (κ1) is 21.7. The van der Waals surface area contributed by atoms with Gasteiger partial charge >= 0.3 is 6.01 Å². The number of nitrogens with zero attached hydrogens (tertiary/aromatic N) is 5. The zero-order valence-electron chi connectivity index (χ0n) is 18.9. The number of aryl methyl sites for hydroxylation is 1. The van der Waals surface area contributed by atoms with Gasteiger partial charge in [0, 0.05) is 24.1 Å². The highest BCUT2D eigenvalue weighted by Crippen LogP contribution is 2.30. The van der Waals surface area contributed by atoms with Gasteiger partial charge in [0.1, 0.15) is 5.75 Å². The van der Waals surface area contributed by atoms with E-state index in [-0.39, 0.29) is 18.0 Å². The molecule has 9 heteroatoms. The number of nitrogens with one attached hydrogen (secondary N) is 1. The molecule has 0 aliphatic rings. The Labute approximate surface area is 200 Å². The highest BCUT2D eigenvalue weighted by molar-refractivity contribution is 7.13. The van der Waals surface area contributed by atoms with E-state index in [1.165, 1.54) is 0 Å². The molecule has 4 aromatic heterocycles. The summed E-state index contributed by atoms with van der Waals surface area (Å²) >= 11 is 1.58. The van der Waals surface area contributed by atoms with E-state index < -0.39 is 0 Å². The van der Waals surface area contributed by atoms with Gasteiger partial charge in [-0.25, -0.2) is 19.6 Å². The van der Waals surface area contributed by atoms with Gasteiger partial charge in [0.2, 0.25) is 0 Å². The van der Waals surface area contributed by atoms with Gasteiger partial charge in [-0.2, -0.15) is 5.10 Å². The minimum atomic E-state index is -0.225. The lowest BCUT2D eigenvalue weighted by molar-refractivity contribution is 0.102. The van der Waals surface area contributed by atoms with Crippen molar-refractivity contribution in [3.05, 3.63) is 77.6 Å². The summed E-state index contributed by atoms with van der Waals surface area (Å²) in [5.41, 5.74) is 3.50. The van der Waals surface area contributed by atoms with Crippen molar-refractivity contribution in [1.29, 1.82) is 0 Å². The maximum absolute atomic E-state index is 13.4. The van der Waals surface area contributed by atoms with Crippen LogP contribution in [0.15, 0.2) is 66.4 Å². The molecule has 0 radical (unpaired) electrons. The monoisotopic (exact) mass is 470 g/mol. The van der Waals surface area contributed by atoms with E-state index in [1.54, 1.807) is 42.1 Å². The third-order valence-electron chi connectivity index (χ3n) is 5.27. The molecular weight excluding hydrogens is 448 g/mol. The summed E-state index contributed by atoms with van der Waals surface area (Å²) in [6, 6.07) is 13.3. The standard InChI is InChI=1S/C25H22N6O2S/c1-15(2)31-23-19(14-28-31)18(13-21(29-23)22-6-4-11-34-22)24(32)30-20-8-7-17(12-16(20)3)33-25-26-9-5-10-27-25/h4-15H,1-3H3,(H,30,32). The number of anilines is 1. The number of fused-ring (bicyclic) bond motifs is 1. The molecule has 0 unspecified atom stereocenters. The molecular formula is C25H22N6O2S. The van der Waals surface area contributed by atoms with E-state index in [1.807, 2.05) is 61.2 Å². The molecule has 0 saturated heterocycles. The average molecular weight is 471 g/mol. The number of hydrogen-bond acceptors (Lipinski definition) is 7. The van der Waals surface area contributed by atoms with Crippen LogP contribution in [0.25, 0.3) is 21.6 Å². The summed E-state index contributed by atoms with van der Waals surface area (Å²) in [6.45, 7) is 5.99. The summed E-state index contributed by atoms with van der Waals surface area (Å²) < 4.78 is 7.53. The first-order chi connectivity index (χ1) is 16.5. The Hall–Kier alpha value is -4.11. The van der Waals surface area contributed by atoms with Crippen molar-refractivity contribution in [1.82, 2.24) is 24.7 Å². The maximum atomic E-state index is 13.4. The Morgan fingerprint density at radius 1 is 1.12 bits per heavy atom. The van der Waals surface area contributed by atoms with Crippen LogP contribution in [-0.2, 0) is 0 Å². The molecule has 8 nitrogen and oxygen atoms in total. The van der Waals surface area contributed by atoms with Crippen molar-refractivity contribution < 1.29 is 9.53 Å². The smallest absolute Gasteiger partial charge is 0.321 e. The van der Waals surface area contributed by atoms with Crippen LogP contribution >= 0.6 is 11.3 Å². The molecule has 0 fully saturated rings. The van der Waals surface area contributed by atoms with Crippen molar-refractivity contribution in [3.63, 3.8) is 0 Å². The van der Waals surface area contributed by atoms with Crippen LogP contribution < -0.4 is 10.1 Å². The second-order valence-electron chi connectivity index (χ2n) is 8.02. The van der Waals surface area contributed by atoms with Gasteiger partial charge in [-0.1, -0.05) is 6.07 Å². The van der Waals surface area contributed by atoms with Crippen molar-refractivity contribution in [2.45, 2.75) is 26.8 Å². The largest absolute Gasteiger partial charge is 0.424 e. The summed E-state index contributed by atoms with van der Waals surface area (Å²) in [4.78, 5) is 27.4. The maximum Gasteiger partial charge on any atom is 0.321 e. The van der Waals surface area contributed by atoms with Gasteiger partial charge in [-0.05, 0) is 68.1 Å². The van der Waals surface area contributed by atoms with Crippen LogP contribution in [0.2, 0.25) is 0 Å². The zero-order chi connectivity index (χ0) is 23.7. The Balaban J connectivity index is 1.47. The summed E-state index contributed by atoms with van der Waals surface area (Å²) in [5, 5.41) is 10.2. The van der Waals surface area contributed by atoms with Gasteiger partial charge in [-0.3, -0.25) is 4.79 Å². The van der Waals surface area contributed by atoms with Gasteiger partial charge in [-0.15, -0.1) is 11.3 Å². The second-order valence-corrected chi connectivity index (χ2v) is 8.96. The van der Waals surface area contributed by atoms with Gasteiger partial charge in [0.25, 0.3) is 5.91 Å².